The van der Waals surface area contributed by atoms with Gasteiger partial charge in [-0.1, -0.05) is 30.7 Å². The minimum Gasteiger partial charge on any atom is -0.497 e. The lowest BCUT2D eigenvalue weighted by atomic mass is 10.1. The second-order valence-electron chi connectivity index (χ2n) is 7.78. The van der Waals surface area contributed by atoms with Crippen molar-refractivity contribution in [2.75, 3.05) is 37.9 Å². The number of sulfonamides is 1. The molecule has 192 valence electrons. The van der Waals surface area contributed by atoms with Crippen molar-refractivity contribution in [1.82, 2.24) is 10.2 Å². The van der Waals surface area contributed by atoms with Crippen LogP contribution in [0.2, 0.25) is 5.02 Å². The van der Waals surface area contributed by atoms with Crippen molar-refractivity contribution in [2.24, 2.45) is 0 Å². The van der Waals surface area contributed by atoms with Gasteiger partial charge in [-0.15, -0.1) is 0 Å². The molecular formula is C24H32ClN3O6S. The number of halogens is 1. The van der Waals surface area contributed by atoms with E-state index in [1.165, 1.54) is 31.3 Å². The fourth-order valence-corrected chi connectivity index (χ4v) is 4.64. The van der Waals surface area contributed by atoms with Gasteiger partial charge >= 0.3 is 0 Å². The quantitative estimate of drug-likeness (QED) is 0.456. The molecule has 0 spiro atoms. The van der Waals surface area contributed by atoms with E-state index in [9.17, 15) is 18.0 Å². The van der Waals surface area contributed by atoms with Gasteiger partial charge in [0.05, 0.1) is 26.2 Å². The predicted octanol–water partition coefficient (Wildman–Crippen LogP) is 3.07. The fraction of sp³-hybridized carbons (Fsp3) is 0.417. The third kappa shape index (κ3) is 7.50. The summed E-state index contributed by atoms with van der Waals surface area (Å²) in [5.41, 5.74) is 0.856. The van der Waals surface area contributed by atoms with Crippen molar-refractivity contribution in [3.8, 4) is 11.5 Å². The Balaban J connectivity index is 2.51. The molecule has 0 heterocycles. The van der Waals surface area contributed by atoms with Gasteiger partial charge in [0, 0.05) is 18.1 Å². The molecule has 0 aliphatic heterocycles. The lowest BCUT2D eigenvalue weighted by molar-refractivity contribution is -0.140. The molecule has 9 nitrogen and oxygen atoms in total. The van der Waals surface area contributed by atoms with Gasteiger partial charge in [-0.05, 0) is 49.2 Å². The molecule has 2 aromatic rings. The van der Waals surface area contributed by atoms with Crippen molar-refractivity contribution in [1.29, 1.82) is 0 Å². The zero-order valence-electron chi connectivity index (χ0n) is 20.6. The van der Waals surface area contributed by atoms with Crippen LogP contribution in [-0.4, -0.2) is 64.7 Å². The number of rotatable bonds is 12. The average molecular weight is 526 g/mol. The van der Waals surface area contributed by atoms with E-state index in [0.717, 1.165) is 16.1 Å². The molecule has 0 bridgehead atoms. The topological polar surface area (TPSA) is 105 Å². The first kappa shape index (κ1) is 28.3. The van der Waals surface area contributed by atoms with E-state index in [1.807, 2.05) is 6.07 Å². The third-order valence-electron chi connectivity index (χ3n) is 5.31. The van der Waals surface area contributed by atoms with Gasteiger partial charge in [0.15, 0.2) is 0 Å². The molecule has 11 heteroatoms. The summed E-state index contributed by atoms with van der Waals surface area (Å²) in [7, 11) is -0.985. The number of anilines is 1. The Bertz CT molecular complexity index is 1140. The number of hydrogen-bond acceptors (Lipinski definition) is 6. The summed E-state index contributed by atoms with van der Waals surface area (Å²) in [4.78, 5) is 27.9. The fourth-order valence-electron chi connectivity index (χ4n) is 3.63. The maximum Gasteiger partial charge on any atom is 0.244 e. The first-order valence-corrected chi connectivity index (χ1v) is 13.3. The molecule has 1 atom stereocenters. The van der Waals surface area contributed by atoms with Crippen molar-refractivity contribution in [3.63, 3.8) is 0 Å². The van der Waals surface area contributed by atoms with E-state index in [2.05, 4.69) is 5.32 Å². The summed E-state index contributed by atoms with van der Waals surface area (Å²) in [5.74, 6) is -0.0408. The zero-order chi connectivity index (χ0) is 26.2. The van der Waals surface area contributed by atoms with Crippen LogP contribution in [0.3, 0.4) is 0 Å². The van der Waals surface area contributed by atoms with Crippen molar-refractivity contribution < 1.29 is 27.5 Å². The van der Waals surface area contributed by atoms with E-state index < -0.39 is 28.5 Å². The number of carbonyl (C=O) groups excluding carboxylic acids is 2. The highest BCUT2D eigenvalue weighted by Gasteiger charge is 2.32. The summed E-state index contributed by atoms with van der Waals surface area (Å²) in [6.07, 6.45) is 1.33. The Morgan fingerprint density at radius 2 is 1.80 bits per heavy atom. The summed E-state index contributed by atoms with van der Waals surface area (Å²) in [6, 6.07) is 10.8. The molecule has 2 aromatic carbocycles. The van der Waals surface area contributed by atoms with Crippen molar-refractivity contribution in [2.45, 2.75) is 32.9 Å². The van der Waals surface area contributed by atoms with Gasteiger partial charge in [-0.25, -0.2) is 8.42 Å². The molecule has 0 fully saturated rings. The van der Waals surface area contributed by atoms with Crippen LogP contribution < -0.4 is 19.1 Å². The largest absolute Gasteiger partial charge is 0.497 e. The molecule has 0 unspecified atom stereocenters. The summed E-state index contributed by atoms with van der Waals surface area (Å²) in [6.45, 7) is 3.51. The zero-order valence-corrected chi connectivity index (χ0v) is 22.1. The number of benzene rings is 2. The molecule has 2 rings (SSSR count). The first-order chi connectivity index (χ1) is 16.5. The minimum atomic E-state index is -3.92. The van der Waals surface area contributed by atoms with Crippen LogP contribution in [0.15, 0.2) is 42.5 Å². The monoisotopic (exact) mass is 525 g/mol. The van der Waals surface area contributed by atoms with E-state index in [1.54, 1.807) is 38.1 Å². The molecule has 35 heavy (non-hydrogen) atoms. The van der Waals surface area contributed by atoms with Crippen LogP contribution >= 0.6 is 11.6 Å². The number of ether oxygens (including phenoxy) is 2. The highest BCUT2D eigenvalue weighted by atomic mass is 35.5. The summed E-state index contributed by atoms with van der Waals surface area (Å²) >= 11 is 6.11. The van der Waals surface area contributed by atoms with Crippen LogP contribution in [0, 0.1) is 0 Å². The Hall–Kier alpha value is -2.98. The van der Waals surface area contributed by atoms with Gasteiger partial charge in [-0.2, -0.15) is 0 Å². The van der Waals surface area contributed by atoms with E-state index in [-0.39, 0.29) is 28.9 Å². The van der Waals surface area contributed by atoms with Crippen LogP contribution in [0.5, 0.6) is 11.5 Å². The second kappa shape index (κ2) is 12.6. The van der Waals surface area contributed by atoms with Crippen LogP contribution in [0.4, 0.5) is 5.69 Å². The maximum absolute atomic E-state index is 13.7. The standard InChI is InChI=1S/C24H32ClN3O6S/c1-6-20(24(30)26-7-2)27(15-17-9-8-10-19(13-17)33-3)23(29)16-28(35(5,31)32)21-14-18(25)11-12-22(21)34-4/h8-14,20H,6-7,15-16H2,1-5H3,(H,26,30)/t20-/m1/s1. The van der Waals surface area contributed by atoms with E-state index >= 15 is 0 Å². The number of likely N-dealkylation sites (N-methyl/N-ethyl adjacent to an activating group) is 1. The molecule has 0 aliphatic carbocycles. The van der Waals surface area contributed by atoms with Crippen LogP contribution in [-0.2, 0) is 26.2 Å². The number of nitrogens with zero attached hydrogens (tertiary/aromatic N) is 2. The Morgan fingerprint density at radius 3 is 2.37 bits per heavy atom. The third-order valence-corrected chi connectivity index (χ3v) is 6.67. The summed E-state index contributed by atoms with van der Waals surface area (Å²) < 4.78 is 37.0. The van der Waals surface area contributed by atoms with Gasteiger partial charge in [-0.3, -0.25) is 13.9 Å². The van der Waals surface area contributed by atoms with E-state index in [4.69, 9.17) is 21.1 Å². The van der Waals surface area contributed by atoms with Gasteiger partial charge in [0.2, 0.25) is 21.8 Å². The highest BCUT2D eigenvalue weighted by molar-refractivity contribution is 7.92. The number of carbonyl (C=O) groups is 2. The molecule has 0 aliphatic rings. The lowest BCUT2D eigenvalue weighted by Crippen LogP contribution is -2.52. The molecule has 0 radical (unpaired) electrons. The smallest absolute Gasteiger partial charge is 0.244 e. The van der Waals surface area contributed by atoms with Crippen LogP contribution in [0.1, 0.15) is 25.8 Å². The SMILES string of the molecule is CCNC(=O)[C@@H](CC)N(Cc1cccc(OC)c1)C(=O)CN(c1cc(Cl)ccc1OC)S(C)(=O)=O. The number of nitrogens with one attached hydrogen (secondary N) is 1. The van der Waals surface area contributed by atoms with Gasteiger partial charge in [0.1, 0.15) is 24.1 Å². The molecular weight excluding hydrogens is 494 g/mol. The van der Waals surface area contributed by atoms with Crippen molar-refractivity contribution in [3.05, 3.63) is 53.1 Å². The first-order valence-electron chi connectivity index (χ1n) is 11.1. The molecule has 0 aromatic heterocycles. The number of hydrogen-bond donors (Lipinski definition) is 1. The maximum atomic E-state index is 13.7. The Morgan fingerprint density at radius 1 is 1.09 bits per heavy atom. The van der Waals surface area contributed by atoms with Crippen LogP contribution in [0.25, 0.3) is 0 Å². The molecule has 0 saturated carbocycles. The lowest BCUT2D eigenvalue weighted by Gasteiger charge is -2.33. The molecule has 0 saturated heterocycles. The normalized spacial score (nSPS) is 11.9. The van der Waals surface area contributed by atoms with Gasteiger partial charge < -0.3 is 19.7 Å². The summed E-state index contributed by atoms with van der Waals surface area (Å²) in [5, 5.41) is 3.04. The average Bonchev–Trinajstić information content (AvgIpc) is 2.81. The number of methoxy groups -OCH3 is 2. The Labute approximate surface area is 212 Å². The highest BCUT2D eigenvalue weighted by Crippen LogP contribution is 2.33. The number of amides is 2. The van der Waals surface area contributed by atoms with Crippen molar-refractivity contribution >= 4 is 39.1 Å². The minimum absolute atomic E-state index is 0.0793. The van der Waals surface area contributed by atoms with Gasteiger partial charge in [0.25, 0.3) is 0 Å². The predicted molar refractivity (Wildman–Crippen MR) is 137 cm³/mol. The molecule has 2 amide bonds. The van der Waals surface area contributed by atoms with E-state index in [0.29, 0.717) is 18.7 Å². The molecule has 1 N–H and O–H groups in total. The Kier molecular flexibility index (Phi) is 10.2. The second-order valence-corrected chi connectivity index (χ2v) is 10.1.